The summed E-state index contributed by atoms with van der Waals surface area (Å²) in [6, 6.07) is 0. The van der Waals surface area contributed by atoms with Crippen LogP contribution in [0.2, 0.25) is 0 Å². The van der Waals surface area contributed by atoms with Gasteiger partial charge in [-0.3, -0.25) is 4.79 Å². The van der Waals surface area contributed by atoms with Crippen molar-refractivity contribution in [1.82, 2.24) is 0 Å². The summed E-state index contributed by atoms with van der Waals surface area (Å²) in [5, 5.41) is 0. The van der Waals surface area contributed by atoms with Gasteiger partial charge in [0, 0.05) is 6.42 Å². The fourth-order valence-corrected chi connectivity index (χ4v) is 2.48. The van der Waals surface area contributed by atoms with Crippen LogP contribution in [0.3, 0.4) is 0 Å². The second kappa shape index (κ2) is 15.4. The molecule has 26 heavy (non-hydrogen) atoms. The van der Waals surface area contributed by atoms with Gasteiger partial charge in [-0.25, -0.2) is 0 Å². The van der Waals surface area contributed by atoms with Gasteiger partial charge >= 0.3 is 5.97 Å². The Bertz CT molecular complexity index is 512. The van der Waals surface area contributed by atoms with Gasteiger partial charge in [-0.05, 0) is 44.9 Å². The van der Waals surface area contributed by atoms with E-state index >= 15 is 0 Å². The molecule has 0 aliphatic carbocycles. The van der Waals surface area contributed by atoms with E-state index in [9.17, 15) is 4.79 Å². The summed E-state index contributed by atoms with van der Waals surface area (Å²) < 4.78 is 10.2. The zero-order valence-corrected chi connectivity index (χ0v) is 16.3. The topological polar surface area (TPSA) is 38.8 Å². The van der Waals surface area contributed by atoms with Crippen molar-refractivity contribution in [2.45, 2.75) is 70.5 Å². The van der Waals surface area contributed by atoms with Crippen LogP contribution in [0.25, 0.3) is 0 Å². The van der Waals surface area contributed by atoms with Crippen molar-refractivity contribution in [1.29, 1.82) is 0 Å². The molecule has 1 rings (SSSR count). The third-order valence-corrected chi connectivity index (χ3v) is 4.07. The Balaban J connectivity index is 1.94. The Morgan fingerprint density at radius 3 is 1.81 bits per heavy atom. The Morgan fingerprint density at radius 2 is 1.31 bits per heavy atom. The van der Waals surface area contributed by atoms with Crippen molar-refractivity contribution in [3.63, 3.8) is 0 Å². The second-order valence-electron chi connectivity index (χ2n) is 6.27. The van der Waals surface area contributed by atoms with E-state index in [0.29, 0.717) is 6.42 Å². The zero-order valence-electron chi connectivity index (χ0n) is 16.3. The quantitative estimate of drug-likeness (QED) is 0.222. The molecule has 3 nitrogen and oxygen atoms in total. The maximum Gasteiger partial charge on any atom is 0.305 e. The summed E-state index contributed by atoms with van der Waals surface area (Å²) in [5.41, 5.74) is 0. The van der Waals surface area contributed by atoms with Gasteiger partial charge < -0.3 is 9.47 Å². The summed E-state index contributed by atoms with van der Waals surface area (Å²) in [5.74, 6) is -0.158. The highest BCUT2D eigenvalue weighted by molar-refractivity contribution is 5.69. The molecule has 1 saturated heterocycles. The van der Waals surface area contributed by atoms with Crippen LogP contribution in [0.15, 0.2) is 60.8 Å². The molecule has 0 amide bonds. The van der Waals surface area contributed by atoms with E-state index in [1.54, 1.807) is 0 Å². The standard InChI is InChI=1S/C23H34O3/c1-3-4-5-6-7-8-9-10-11-12-13-14-15-16-17-18-21-22(26-21)19-20-23(24)25-2/h4-5,7-8,10-11,13-14,16-17,21-22H,3,6,9,12,15,18-20H2,1-2H3. The number of carbonyl (C=O) groups is 1. The smallest absolute Gasteiger partial charge is 0.305 e. The largest absolute Gasteiger partial charge is 0.469 e. The summed E-state index contributed by atoms with van der Waals surface area (Å²) in [7, 11) is 1.42. The predicted molar refractivity (Wildman–Crippen MR) is 109 cm³/mol. The van der Waals surface area contributed by atoms with Crippen LogP contribution >= 0.6 is 0 Å². The fraction of sp³-hybridized carbons (Fsp3) is 0.522. The zero-order chi connectivity index (χ0) is 18.9. The van der Waals surface area contributed by atoms with E-state index in [4.69, 9.17) is 4.74 Å². The molecule has 3 heteroatoms. The SMILES string of the molecule is CCC=CCC=CCC=CCC=CCC=CCC1OC1CCC(=O)OC. The fourth-order valence-electron chi connectivity index (χ4n) is 2.48. The van der Waals surface area contributed by atoms with Gasteiger partial charge in [-0.2, -0.15) is 0 Å². The molecule has 0 N–H and O–H groups in total. The average Bonchev–Trinajstić information content (AvgIpc) is 3.41. The molecular weight excluding hydrogens is 324 g/mol. The number of esters is 1. The number of hydrogen-bond donors (Lipinski definition) is 0. The minimum atomic E-state index is -0.158. The summed E-state index contributed by atoms with van der Waals surface area (Å²) >= 11 is 0. The van der Waals surface area contributed by atoms with Crippen molar-refractivity contribution in [3.8, 4) is 0 Å². The van der Waals surface area contributed by atoms with E-state index < -0.39 is 0 Å². The van der Waals surface area contributed by atoms with Crippen LogP contribution in [0.4, 0.5) is 0 Å². The molecule has 0 saturated carbocycles. The van der Waals surface area contributed by atoms with Crippen molar-refractivity contribution in [2.75, 3.05) is 7.11 Å². The molecule has 1 heterocycles. The Hall–Kier alpha value is -1.87. The lowest BCUT2D eigenvalue weighted by Crippen LogP contribution is -2.03. The number of rotatable bonds is 14. The molecule has 2 atom stereocenters. The summed E-state index contributed by atoms with van der Waals surface area (Å²) in [4.78, 5) is 11.0. The third kappa shape index (κ3) is 12.5. The molecule has 0 radical (unpaired) electrons. The van der Waals surface area contributed by atoms with Gasteiger partial charge in [0.05, 0.1) is 19.3 Å². The number of carbonyl (C=O) groups excluding carboxylic acids is 1. The Labute approximate surface area is 159 Å². The lowest BCUT2D eigenvalue weighted by atomic mass is 10.1. The molecule has 144 valence electrons. The normalized spacial score (nSPS) is 20.4. The average molecular weight is 359 g/mol. The highest BCUT2D eigenvalue weighted by atomic mass is 16.6. The number of methoxy groups -OCH3 is 1. The van der Waals surface area contributed by atoms with Crippen molar-refractivity contribution < 1.29 is 14.3 Å². The van der Waals surface area contributed by atoms with Crippen LogP contribution in [-0.2, 0) is 14.3 Å². The number of ether oxygens (including phenoxy) is 2. The molecule has 0 aromatic carbocycles. The van der Waals surface area contributed by atoms with Crippen LogP contribution in [0.1, 0.15) is 58.3 Å². The van der Waals surface area contributed by atoms with Gasteiger partial charge in [0.1, 0.15) is 0 Å². The predicted octanol–water partition coefficient (Wildman–Crippen LogP) is 5.85. The van der Waals surface area contributed by atoms with E-state index in [-0.39, 0.29) is 18.2 Å². The summed E-state index contributed by atoms with van der Waals surface area (Å²) in [6.45, 7) is 2.15. The first kappa shape index (κ1) is 22.2. The maximum atomic E-state index is 11.0. The van der Waals surface area contributed by atoms with E-state index in [0.717, 1.165) is 44.9 Å². The van der Waals surface area contributed by atoms with Crippen LogP contribution < -0.4 is 0 Å². The van der Waals surface area contributed by atoms with Gasteiger partial charge in [0.25, 0.3) is 0 Å². The molecule has 0 aromatic heterocycles. The maximum absolute atomic E-state index is 11.0. The lowest BCUT2D eigenvalue weighted by molar-refractivity contribution is -0.140. The molecule has 0 spiro atoms. The molecule has 0 aromatic rings. The van der Waals surface area contributed by atoms with Gasteiger partial charge in [0.2, 0.25) is 0 Å². The first-order chi connectivity index (χ1) is 12.8. The van der Waals surface area contributed by atoms with Gasteiger partial charge in [-0.1, -0.05) is 67.7 Å². The van der Waals surface area contributed by atoms with E-state index in [1.165, 1.54) is 7.11 Å². The first-order valence-corrected chi connectivity index (χ1v) is 9.75. The minimum Gasteiger partial charge on any atom is -0.469 e. The van der Waals surface area contributed by atoms with Crippen molar-refractivity contribution in [3.05, 3.63) is 60.8 Å². The highest BCUT2D eigenvalue weighted by Gasteiger charge is 2.37. The third-order valence-electron chi connectivity index (χ3n) is 4.07. The number of allylic oxidation sites excluding steroid dienone is 9. The Kier molecular flexibility index (Phi) is 13.1. The van der Waals surface area contributed by atoms with Crippen molar-refractivity contribution in [2.24, 2.45) is 0 Å². The van der Waals surface area contributed by atoms with Crippen LogP contribution in [0, 0.1) is 0 Å². The number of epoxide rings is 1. The van der Waals surface area contributed by atoms with Gasteiger partial charge in [-0.15, -0.1) is 0 Å². The van der Waals surface area contributed by atoms with E-state index in [2.05, 4.69) is 72.4 Å². The van der Waals surface area contributed by atoms with Crippen LogP contribution in [-0.4, -0.2) is 25.3 Å². The Morgan fingerprint density at radius 1 is 0.808 bits per heavy atom. The molecule has 1 fully saturated rings. The second-order valence-corrected chi connectivity index (χ2v) is 6.27. The monoisotopic (exact) mass is 358 g/mol. The minimum absolute atomic E-state index is 0.158. The molecule has 2 unspecified atom stereocenters. The van der Waals surface area contributed by atoms with Gasteiger partial charge in [0.15, 0.2) is 0 Å². The molecular formula is C23H34O3. The highest BCUT2D eigenvalue weighted by Crippen LogP contribution is 2.29. The first-order valence-electron chi connectivity index (χ1n) is 9.75. The summed E-state index contributed by atoms with van der Waals surface area (Å²) in [6.07, 6.45) is 29.7. The molecule has 1 aliphatic rings. The van der Waals surface area contributed by atoms with Crippen molar-refractivity contribution >= 4 is 5.97 Å². The number of hydrogen-bond acceptors (Lipinski definition) is 3. The lowest BCUT2D eigenvalue weighted by Gasteiger charge is -1.95. The van der Waals surface area contributed by atoms with Crippen LogP contribution in [0.5, 0.6) is 0 Å². The molecule has 1 aliphatic heterocycles. The molecule has 0 bridgehead atoms. The van der Waals surface area contributed by atoms with E-state index in [1.807, 2.05) is 0 Å².